The topological polar surface area (TPSA) is 35.2 Å². The second-order valence-electron chi connectivity index (χ2n) is 4.33. The summed E-state index contributed by atoms with van der Waals surface area (Å²) in [5, 5.41) is 0. The van der Waals surface area contributed by atoms with Crippen molar-refractivity contribution in [1.82, 2.24) is 0 Å². The van der Waals surface area contributed by atoms with E-state index in [1.54, 1.807) is 12.1 Å². The molecular weight excluding hydrogens is 248 g/mol. The average molecular weight is 263 g/mol. The zero-order chi connectivity index (χ0) is 13.8. The second kappa shape index (κ2) is 5.80. The van der Waals surface area contributed by atoms with E-state index in [4.69, 9.17) is 10.5 Å². The van der Waals surface area contributed by atoms with Gasteiger partial charge in [0.05, 0.1) is 7.11 Å². The molecule has 1 atom stereocenters. The van der Waals surface area contributed by atoms with Gasteiger partial charge in [0.1, 0.15) is 17.4 Å². The minimum atomic E-state index is -0.451. The number of hydrogen-bond donors (Lipinski definition) is 1. The van der Waals surface area contributed by atoms with Gasteiger partial charge in [-0.15, -0.1) is 0 Å². The van der Waals surface area contributed by atoms with Crippen LogP contribution in [0.25, 0.3) is 0 Å². The highest BCUT2D eigenvalue weighted by molar-refractivity contribution is 5.37. The Bertz CT molecular complexity index is 572. The highest BCUT2D eigenvalue weighted by Gasteiger charge is 2.14. The third kappa shape index (κ3) is 3.29. The number of methoxy groups -OCH3 is 1. The van der Waals surface area contributed by atoms with E-state index in [1.165, 1.54) is 37.4 Å². The molecule has 0 aliphatic heterocycles. The Morgan fingerprint density at radius 3 is 2.53 bits per heavy atom. The molecule has 0 saturated carbocycles. The maximum atomic E-state index is 13.3. The minimum absolute atomic E-state index is 0.309. The van der Waals surface area contributed by atoms with Crippen molar-refractivity contribution in [3.63, 3.8) is 0 Å². The molecule has 0 saturated heterocycles. The number of ether oxygens (including phenoxy) is 1. The highest BCUT2D eigenvalue weighted by atomic mass is 19.1. The van der Waals surface area contributed by atoms with E-state index >= 15 is 0 Å². The van der Waals surface area contributed by atoms with Crippen LogP contribution in [0.1, 0.15) is 17.2 Å². The van der Waals surface area contributed by atoms with Gasteiger partial charge in [-0.3, -0.25) is 0 Å². The van der Waals surface area contributed by atoms with Crippen molar-refractivity contribution < 1.29 is 13.5 Å². The molecule has 0 spiro atoms. The lowest BCUT2D eigenvalue weighted by Crippen LogP contribution is -2.15. The summed E-state index contributed by atoms with van der Waals surface area (Å²) in [5.74, 6) is -0.147. The maximum Gasteiger partial charge on any atom is 0.123 e. The molecule has 19 heavy (non-hydrogen) atoms. The summed E-state index contributed by atoms with van der Waals surface area (Å²) in [6, 6.07) is 9.96. The molecule has 100 valence electrons. The van der Waals surface area contributed by atoms with E-state index in [0.717, 1.165) is 5.56 Å². The highest BCUT2D eigenvalue weighted by Crippen LogP contribution is 2.27. The predicted molar refractivity (Wildman–Crippen MR) is 70.0 cm³/mol. The van der Waals surface area contributed by atoms with Crippen molar-refractivity contribution in [1.29, 1.82) is 0 Å². The van der Waals surface area contributed by atoms with Crippen LogP contribution in [0.3, 0.4) is 0 Å². The molecule has 2 nitrogen and oxygen atoms in total. The van der Waals surface area contributed by atoms with Gasteiger partial charge in [0.15, 0.2) is 0 Å². The Morgan fingerprint density at radius 1 is 1.11 bits per heavy atom. The molecule has 0 radical (unpaired) electrons. The molecule has 0 aromatic heterocycles. The molecule has 2 aromatic carbocycles. The van der Waals surface area contributed by atoms with Crippen LogP contribution in [0, 0.1) is 11.6 Å². The Labute approximate surface area is 110 Å². The molecule has 0 fully saturated rings. The summed E-state index contributed by atoms with van der Waals surface area (Å²) in [7, 11) is 1.51. The molecule has 4 heteroatoms. The third-order valence-corrected chi connectivity index (χ3v) is 2.94. The van der Waals surface area contributed by atoms with Crippen molar-refractivity contribution >= 4 is 0 Å². The Hall–Kier alpha value is -1.94. The summed E-state index contributed by atoms with van der Waals surface area (Å²) in [6.07, 6.45) is 0.414. The van der Waals surface area contributed by atoms with E-state index in [-0.39, 0.29) is 11.6 Å². The number of halogens is 2. The first kappa shape index (κ1) is 13.5. The third-order valence-electron chi connectivity index (χ3n) is 2.94. The van der Waals surface area contributed by atoms with Crippen LogP contribution in [0.5, 0.6) is 5.75 Å². The van der Waals surface area contributed by atoms with Crippen LogP contribution < -0.4 is 10.5 Å². The lowest BCUT2D eigenvalue weighted by Gasteiger charge is -2.16. The predicted octanol–water partition coefficient (Wildman–Crippen LogP) is 3.22. The minimum Gasteiger partial charge on any atom is -0.496 e. The van der Waals surface area contributed by atoms with Gasteiger partial charge in [-0.1, -0.05) is 12.1 Å². The van der Waals surface area contributed by atoms with Gasteiger partial charge in [0, 0.05) is 11.6 Å². The van der Waals surface area contributed by atoms with Gasteiger partial charge in [-0.25, -0.2) is 8.78 Å². The van der Waals surface area contributed by atoms with Gasteiger partial charge in [-0.05, 0) is 42.3 Å². The fourth-order valence-corrected chi connectivity index (χ4v) is 2.02. The first-order valence-electron chi connectivity index (χ1n) is 5.93. The number of nitrogens with two attached hydrogens (primary N) is 1. The van der Waals surface area contributed by atoms with Gasteiger partial charge >= 0.3 is 0 Å². The van der Waals surface area contributed by atoms with Crippen molar-refractivity contribution in [3.8, 4) is 5.75 Å². The molecule has 2 rings (SSSR count). The molecule has 1 unspecified atom stereocenters. The molecule has 0 heterocycles. The van der Waals surface area contributed by atoms with E-state index in [1.807, 2.05) is 0 Å². The van der Waals surface area contributed by atoms with Crippen LogP contribution in [-0.2, 0) is 6.42 Å². The van der Waals surface area contributed by atoms with Gasteiger partial charge in [-0.2, -0.15) is 0 Å². The molecule has 0 aliphatic carbocycles. The van der Waals surface area contributed by atoms with Gasteiger partial charge in [0.2, 0.25) is 0 Å². The normalized spacial score (nSPS) is 12.2. The van der Waals surface area contributed by atoms with Crippen LogP contribution in [0.2, 0.25) is 0 Å². The van der Waals surface area contributed by atoms with E-state index in [9.17, 15) is 8.78 Å². The monoisotopic (exact) mass is 263 g/mol. The van der Waals surface area contributed by atoms with Crippen molar-refractivity contribution in [2.24, 2.45) is 5.73 Å². The molecule has 0 amide bonds. The molecule has 0 bridgehead atoms. The van der Waals surface area contributed by atoms with Crippen molar-refractivity contribution in [2.75, 3.05) is 7.11 Å². The fourth-order valence-electron chi connectivity index (χ4n) is 2.02. The number of rotatable bonds is 4. The lowest BCUT2D eigenvalue weighted by molar-refractivity contribution is 0.404. The van der Waals surface area contributed by atoms with E-state index in [2.05, 4.69) is 0 Å². The Balaban J connectivity index is 2.24. The summed E-state index contributed by atoms with van der Waals surface area (Å²) < 4.78 is 31.5. The van der Waals surface area contributed by atoms with Crippen LogP contribution in [-0.4, -0.2) is 7.11 Å². The van der Waals surface area contributed by atoms with E-state index < -0.39 is 6.04 Å². The van der Waals surface area contributed by atoms with Crippen LogP contribution in [0.15, 0.2) is 42.5 Å². The summed E-state index contributed by atoms with van der Waals surface area (Å²) in [6.45, 7) is 0. The van der Waals surface area contributed by atoms with Crippen LogP contribution >= 0.6 is 0 Å². The SMILES string of the molecule is COc1ccc(F)cc1C(N)Cc1cccc(F)c1. The molecule has 0 aliphatic rings. The van der Waals surface area contributed by atoms with Crippen molar-refractivity contribution in [3.05, 3.63) is 65.2 Å². The Morgan fingerprint density at radius 2 is 1.84 bits per heavy atom. The largest absolute Gasteiger partial charge is 0.496 e. The van der Waals surface area contributed by atoms with Crippen molar-refractivity contribution in [2.45, 2.75) is 12.5 Å². The average Bonchev–Trinajstić information content (AvgIpc) is 2.38. The van der Waals surface area contributed by atoms with Crippen LogP contribution in [0.4, 0.5) is 8.78 Å². The standard InChI is InChI=1S/C15H15F2NO/c1-19-15-6-5-12(17)9-13(15)14(18)8-10-3-2-4-11(16)7-10/h2-7,9,14H,8,18H2,1H3. The summed E-state index contributed by atoms with van der Waals surface area (Å²) in [4.78, 5) is 0. The fraction of sp³-hybridized carbons (Fsp3) is 0.200. The molecule has 2 aromatic rings. The molecular formula is C15H15F2NO. The first-order valence-corrected chi connectivity index (χ1v) is 5.93. The zero-order valence-electron chi connectivity index (χ0n) is 10.6. The first-order chi connectivity index (χ1) is 9.10. The number of hydrogen-bond acceptors (Lipinski definition) is 2. The summed E-state index contributed by atoms with van der Waals surface area (Å²) >= 11 is 0. The zero-order valence-corrected chi connectivity index (χ0v) is 10.6. The van der Waals surface area contributed by atoms with E-state index in [0.29, 0.717) is 17.7 Å². The number of benzene rings is 2. The second-order valence-corrected chi connectivity index (χ2v) is 4.33. The van der Waals surface area contributed by atoms with Gasteiger partial charge < -0.3 is 10.5 Å². The smallest absolute Gasteiger partial charge is 0.123 e. The Kier molecular flexibility index (Phi) is 4.12. The quantitative estimate of drug-likeness (QED) is 0.919. The molecule has 2 N–H and O–H groups in total. The summed E-state index contributed by atoms with van der Waals surface area (Å²) in [5.41, 5.74) is 7.39. The lowest BCUT2D eigenvalue weighted by atomic mass is 9.98. The maximum absolute atomic E-state index is 13.3. The van der Waals surface area contributed by atoms with Gasteiger partial charge in [0.25, 0.3) is 0 Å².